The van der Waals surface area contributed by atoms with E-state index in [1.165, 1.54) is 4.57 Å². The number of nitrogens with one attached hydrogen (secondary N) is 1. The van der Waals surface area contributed by atoms with E-state index in [9.17, 15) is 9.59 Å². The summed E-state index contributed by atoms with van der Waals surface area (Å²) in [5.74, 6) is 0.418. The van der Waals surface area contributed by atoms with Crippen molar-refractivity contribution in [3.05, 3.63) is 50.7 Å². The summed E-state index contributed by atoms with van der Waals surface area (Å²) >= 11 is 0. The molecule has 2 heterocycles. The molecule has 0 unspecified atom stereocenters. The molecule has 3 rings (SSSR count). The number of ether oxygens (including phenoxy) is 1. The second kappa shape index (κ2) is 5.44. The number of nitrogens with two attached hydrogens (primary N) is 2. The Morgan fingerprint density at radius 2 is 1.87 bits per heavy atom. The average Bonchev–Trinajstić information content (AvgIpc) is 2.51. The molecule has 2 aromatic heterocycles. The first-order valence-corrected chi connectivity index (χ1v) is 6.68. The molecule has 0 atom stereocenters. The largest absolute Gasteiger partial charge is 0.497 e. The van der Waals surface area contributed by atoms with Gasteiger partial charge in [-0.15, -0.1) is 0 Å². The summed E-state index contributed by atoms with van der Waals surface area (Å²) in [7, 11) is 1.57. The third-order valence-electron chi connectivity index (χ3n) is 3.38. The van der Waals surface area contributed by atoms with Gasteiger partial charge in [0.2, 0.25) is 5.95 Å². The monoisotopic (exact) mass is 314 g/mol. The number of H-pyrrole nitrogens is 1. The zero-order valence-electron chi connectivity index (χ0n) is 12.2. The highest BCUT2D eigenvalue weighted by Crippen LogP contribution is 2.15. The van der Waals surface area contributed by atoms with Crippen LogP contribution in [0.25, 0.3) is 11.0 Å². The van der Waals surface area contributed by atoms with E-state index >= 15 is 0 Å². The van der Waals surface area contributed by atoms with Gasteiger partial charge in [-0.1, -0.05) is 12.1 Å². The fraction of sp³-hybridized carbons (Fsp3) is 0.143. The zero-order valence-corrected chi connectivity index (χ0v) is 12.2. The normalized spacial score (nSPS) is 10.8. The van der Waals surface area contributed by atoms with Crippen LogP contribution in [0.5, 0.6) is 5.75 Å². The van der Waals surface area contributed by atoms with Gasteiger partial charge in [0.15, 0.2) is 5.65 Å². The molecular weight excluding hydrogens is 300 g/mol. The summed E-state index contributed by atoms with van der Waals surface area (Å²) in [6.07, 6.45) is 0. The molecule has 0 amide bonds. The molecule has 23 heavy (non-hydrogen) atoms. The third kappa shape index (κ3) is 2.59. The van der Waals surface area contributed by atoms with Gasteiger partial charge in [0.05, 0.1) is 13.7 Å². The van der Waals surface area contributed by atoms with E-state index in [2.05, 4.69) is 15.0 Å². The lowest BCUT2D eigenvalue weighted by Gasteiger charge is -2.10. The lowest BCUT2D eigenvalue weighted by molar-refractivity contribution is 0.414. The molecule has 0 aliphatic carbocycles. The van der Waals surface area contributed by atoms with Gasteiger partial charge >= 0.3 is 5.69 Å². The predicted molar refractivity (Wildman–Crippen MR) is 85.3 cm³/mol. The highest BCUT2D eigenvalue weighted by Gasteiger charge is 2.14. The summed E-state index contributed by atoms with van der Waals surface area (Å²) in [6, 6.07) is 7.12. The fourth-order valence-corrected chi connectivity index (χ4v) is 2.27. The van der Waals surface area contributed by atoms with Gasteiger partial charge < -0.3 is 16.2 Å². The Morgan fingerprint density at radius 1 is 1.17 bits per heavy atom. The van der Waals surface area contributed by atoms with Crippen molar-refractivity contribution in [1.29, 1.82) is 0 Å². The van der Waals surface area contributed by atoms with E-state index in [0.717, 1.165) is 5.56 Å². The van der Waals surface area contributed by atoms with Crippen LogP contribution in [0.15, 0.2) is 33.9 Å². The Labute approximate surface area is 129 Å². The molecule has 0 saturated heterocycles. The summed E-state index contributed by atoms with van der Waals surface area (Å²) in [5.41, 5.74) is 11.0. The summed E-state index contributed by atoms with van der Waals surface area (Å²) in [6.45, 7) is 0.169. The number of rotatable bonds is 3. The smallest absolute Gasteiger partial charge is 0.351 e. The molecule has 118 valence electrons. The molecule has 0 saturated carbocycles. The maximum absolute atomic E-state index is 12.2. The number of aromatic nitrogens is 4. The molecule has 0 aliphatic heterocycles. The second-order valence-corrected chi connectivity index (χ2v) is 4.86. The molecule has 0 aliphatic rings. The Balaban J connectivity index is 2.20. The SMILES string of the molecule is COc1ccc(Cn2c(=O)nc(N)c3c(=O)[nH]c(N)nc32)cc1. The molecule has 9 heteroatoms. The Kier molecular flexibility index (Phi) is 3.45. The maximum atomic E-state index is 12.2. The molecule has 0 fully saturated rings. The van der Waals surface area contributed by atoms with Crippen LogP contribution in [0.1, 0.15) is 5.56 Å². The highest BCUT2D eigenvalue weighted by atomic mass is 16.5. The topological polar surface area (TPSA) is 142 Å². The number of nitrogen functional groups attached to an aromatic ring is 2. The van der Waals surface area contributed by atoms with Crippen LogP contribution in [0.4, 0.5) is 11.8 Å². The Morgan fingerprint density at radius 3 is 2.52 bits per heavy atom. The van der Waals surface area contributed by atoms with Crippen LogP contribution in [-0.2, 0) is 6.54 Å². The molecule has 0 spiro atoms. The number of benzene rings is 1. The van der Waals surface area contributed by atoms with Crippen molar-refractivity contribution in [3.63, 3.8) is 0 Å². The van der Waals surface area contributed by atoms with Crippen LogP contribution in [0.2, 0.25) is 0 Å². The van der Waals surface area contributed by atoms with E-state index < -0.39 is 11.2 Å². The lowest BCUT2D eigenvalue weighted by atomic mass is 10.2. The lowest BCUT2D eigenvalue weighted by Crippen LogP contribution is -2.28. The minimum Gasteiger partial charge on any atom is -0.497 e. The minimum absolute atomic E-state index is 0.0345. The van der Waals surface area contributed by atoms with Gasteiger partial charge in [-0.05, 0) is 17.7 Å². The van der Waals surface area contributed by atoms with Crippen LogP contribution < -0.4 is 27.5 Å². The molecule has 9 nitrogen and oxygen atoms in total. The number of nitrogens with zero attached hydrogens (tertiary/aromatic N) is 3. The number of methoxy groups -OCH3 is 1. The van der Waals surface area contributed by atoms with Crippen molar-refractivity contribution in [2.24, 2.45) is 0 Å². The summed E-state index contributed by atoms with van der Waals surface area (Å²) < 4.78 is 6.34. The number of hydrogen-bond acceptors (Lipinski definition) is 7. The van der Waals surface area contributed by atoms with Gasteiger partial charge in [0, 0.05) is 0 Å². The van der Waals surface area contributed by atoms with Gasteiger partial charge in [0.1, 0.15) is 17.0 Å². The first kappa shape index (κ1) is 14.6. The van der Waals surface area contributed by atoms with Gasteiger partial charge in [-0.3, -0.25) is 14.3 Å². The maximum Gasteiger partial charge on any atom is 0.351 e. The van der Waals surface area contributed by atoms with E-state index in [1.54, 1.807) is 31.4 Å². The average molecular weight is 314 g/mol. The molecular formula is C14H14N6O3. The third-order valence-corrected chi connectivity index (χ3v) is 3.38. The van der Waals surface area contributed by atoms with Crippen LogP contribution in [0.3, 0.4) is 0 Å². The Bertz CT molecular complexity index is 990. The van der Waals surface area contributed by atoms with Crippen LogP contribution >= 0.6 is 0 Å². The van der Waals surface area contributed by atoms with Gasteiger partial charge in [-0.2, -0.15) is 9.97 Å². The van der Waals surface area contributed by atoms with Crippen LogP contribution in [-0.4, -0.2) is 26.6 Å². The minimum atomic E-state index is -0.608. The second-order valence-electron chi connectivity index (χ2n) is 4.86. The van der Waals surface area contributed by atoms with E-state index in [1.807, 2.05) is 0 Å². The quantitative estimate of drug-likeness (QED) is 0.602. The number of aromatic amines is 1. The fourth-order valence-electron chi connectivity index (χ4n) is 2.27. The van der Waals surface area contributed by atoms with E-state index in [4.69, 9.17) is 16.2 Å². The predicted octanol–water partition coefficient (Wildman–Crippen LogP) is -0.299. The van der Waals surface area contributed by atoms with Crippen molar-refractivity contribution >= 4 is 22.8 Å². The van der Waals surface area contributed by atoms with E-state index in [-0.39, 0.29) is 29.3 Å². The summed E-state index contributed by atoms with van der Waals surface area (Å²) in [4.78, 5) is 34.2. The number of anilines is 2. The molecule has 3 aromatic rings. The molecule has 0 radical (unpaired) electrons. The zero-order chi connectivity index (χ0) is 16.6. The number of hydrogen-bond donors (Lipinski definition) is 3. The standard InChI is InChI=1S/C14H14N6O3/c1-23-8-4-2-7(3-5-8)6-20-11-9(10(15)17-14(20)22)12(21)19-13(16)18-11/h2-5H,6H2,1H3,(H2,15,17,22)(H3,16,18,19,21). The van der Waals surface area contributed by atoms with Gasteiger partial charge in [-0.25, -0.2) is 4.79 Å². The summed E-state index contributed by atoms with van der Waals surface area (Å²) in [5, 5.41) is 0.0345. The molecule has 0 bridgehead atoms. The van der Waals surface area contributed by atoms with Crippen molar-refractivity contribution < 1.29 is 4.74 Å². The molecule has 5 N–H and O–H groups in total. The Hall–Kier alpha value is -3.36. The van der Waals surface area contributed by atoms with Crippen molar-refractivity contribution in [3.8, 4) is 5.75 Å². The molecule has 1 aromatic carbocycles. The van der Waals surface area contributed by atoms with E-state index in [0.29, 0.717) is 5.75 Å². The first-order chi connectivity index (χ1) is 11.0. The van der Waals surface area contributed by atoms with Crippen molar-refractivity contribution in [2.75, 3.05) is 18.6 Å². The van der Waals surface area contributed by atoms with Crippen molar-refractivity contribution in [2.45, 2.75) is 6.54 Å². The van der Waals surface area contributed by atoms with Crippen molar-refractivity contribution in [1.82, 2.24) is 19.5 Å². The van der Waals surface area contributed by atoms with Crippen LogP contribution in [0, 0.1) is 0 Å². The number of fused-ring (bicyclic) bond motifs is 1. The van der Waals surface area contributed by atoms with Gasteiger partial charge in [0.25, 0.3) is 5.56 Å². The first-order valence-electron chi connectivity index (χ1n) is 6.68. The highest BCUT2D eigenvalue weighted by molar-refractivity contribution is 5.84.